The maximum atomic E-state index is 6.10. The molecule has 0 fully saturated rings. The van der Waals surface area contributed by atoms with E-state index in [1.165, 1.54) is 21.5 Å². The molecule has 2 heterocycles. The lowest BCUT2D eigenvalue weighted by atomic mass is 10.0. The Morgan fingerprint density at radius 3 is 0.953 bits per heavy atom. The lowest BCUT2D eigenvalue weighted by Gasteiger charge is -2.27. The molecule has 0 radical (unpaired) electrons. The second-order valence-corrected chi connectivity index (χ2v) is 15.9. The summed E-state index contributed by atoms with van der Waals surface area (Å²) >= 11 is 0. The van der Waals surface area contributed by atoms with Crippen LogP contribution in [0.2, 0.25) is 0 Å². The Hall–Kier alpha value is -8.74. The number of nitrogens with zero attached hydrogens (tertiary/aromatic N) is 4. The van der Waals surface area contributed by atoms with Crippen LogP contribution in [0.3, 0.4) is 0 Å². The van der Waals surface area contributed by atoms with Crippen molar-refractivity contribution in [1.82, 2.24) is 9.97 Å². The molecule has 0 unspecified atom stereocenters. The number of hydrogen-bond donors (Lipinski definition) is 0. The van der Waals surface area contributed by atoms with E-state index in [9.17, 15) is 0 Å². The summed E-state index contributed by atoms with van der Waals surface area (Å²) in [5.41, 5.74) is 13.6. The third-order valence-corrected chi connectivity index (χ3v) is 11.9. The first-order valence-electron chi connectivity index (χ1n) is 21.4. The Kier molecular flexibility index (Phi) is 9.05. The van der Waals surface area contributed by atoms with Gasteiger partial charge in [-0.15, -0.1) is 0 Å². The van der Waals surface area contributed by atoms with Crippen LogP contribution in [0, 0.1) is 0 Å². The highest BCUT2D eigenvalue weighted by molar-refractivity contribution is 5.91. The molecule has 0 atom stereocenters. The lowest BCUT2D eigenvalue weighted by Crippen LogP contribution is -2.10. The van der Waals surface area contributed by atoms with E-state index in [-0.39, 0.29) is 0 Å². The van der Waals surface area contributed by atoms with Crippen molar-refractivity contribution in [2.75, 3.05) is 9.80 Å². The van der Waals surface area contributed by atoms with E-state index < -0.39 is 0 Å². The van der Waals surface area contributed by atoms with Crippen LogP contribution in [0.25, 0.3) is 77.8 Å². The normalized spacial score (nSPS) is 11.4. The first-order valence-corrected chi connectivity index (χ1v) is 21.4. The quantitative estimate of drug-likeness (QED) is 0.145. The average Bonchev–Trinajstić information content (AvgIpc) is 4.01. The maximum Gasteiger partial charge on any atom is 0.227 e. The minimum absolute atomic E-state index is 0.607. The van der Waals surface area contributed by atoms with Gasteiger partial charge in [-0.3, -0.25) is 0 Å². The molecule has 302 valence electrons. The van der Waals surface area contributed by atoms with Crippen LogP contribution in [-0.2, 0) is 0 Å². The summed E-state index contributed by atoms with van der Waals surface area (Å²) in [6, 6.07) is 80.4. The standard InChI is InChI=1S/C58H38N4O2/c1-3-11-45-37-51(35-21-39(45)9-1)61(49-31-23-43(24-32-49)57-59-53-13-5-7-15-55(53)63-57)47-27-17-41(18-28-47)42-19-29-48(30-20-42)62(52-36-22-40-10-2-4-12-46(40)38-52)50-33-25-44(26-34-50)58-60-54-14-6-8-16-56(54)64-58/h1-38H. The third-order valence-electron chi connectivity index (χ3n) is 11.9. The van der Waals surface area contributed by atoms with Crippen LogP contribution >= 0.6 is 0 Å². The molecule has 0 aliphatic carbocycles. The van der Waals surface area contributed by atoms with E-state index in [1.54, 1.807) is 0 Å². The second kappa shape index (κ2) is 15.6. The number of hydrogen-bond acceptors (Lipinski definition) is 6. The van der Waals surface area contributed by atoms with E-state index >= 15 is 0 Å². The SMILES string of the molecule is c1ccc2cc(N(c3ccc(-c4ccc(N(c5ccc(-c6nc7ccccc7o6)cc5)c5ccc6ccccc6c5)cc4)cc3)c3ccc(-c4nc5ccccc5o4)cc3)ccc2c1. The monoisotopic (exact) mass is 822 g/mol. The van der Waals surface area contributed by atoms with Gasteiger partial charge in [-0.25, -0.2) is 9.97 Å². The molecule has 0 saturated heterocycles. The summed E-state index contributed by atoms with van der Waals surface area (Å²) < 4.78 is 12.2. The molecule has 0 saturated carbocycles. The molecule has 0 spiro atoms. The Labute approximate surface area is 369 Å². The van der Waals surface area contributed by atoms with Crippen LogP contribution in [0.1, 0.15) is 0 Å². The lowest BCUT2D eigenvalue weighted by molar-refractivity contribution is 0.619. The summed E-state index contributed by atoms with van der Waals surface area (Å²) in [5, 5.41) is 4.77. The molecule has 6 heteroatoms. The topological polar surface area (TPSA) is 58.5 Å². The predicted molar refractivity (Wildman–Crippen MR) is 262 cm³/mol. The van der Waals surface area contributed by atoms with Crippen LogP contribution in [0.5, 0.6) is 0 Å². The Morgan fingerprint density at radius 2 is 0.578 bits per heavy atom. The molecule has 0 aliphatic rings. The number of benzene rings is 10. The van der Waals surface area contributed by atoms with Gasteiger partial charge in [0.05, 0.1) is 0 Å². The molecule has 10 aromatic carbocycles. The Morgan fingerprint density at radius 1 is 0.266 bits per heavy atom. The smallest absolute Gasteiger partial charge is 0.227 e. The molecule has 0 aliphatic heterocycles. The number of para-hydroxylation sites is 4. The second-order valence-electron chi connectivity index (χ2n) is 15.9. The molecule has 0 N–H and O–H groups in total. The largest absolute Gasteiger partial charge is 0.436 e. The fourth-order valence-corrected chi connectivity index (χ4v) is 8.63. The van der Waals surface area contributed by atoms with Gasteiger partial charge in [0.1, 0.15) is 11.0 Å². The zero-order chi connectivity index (χ0) is 42.4. The van der Waals surface area contributed by atoms with E-state index in [4.69, 9.17) is 18.8 Å². The zero-order valence-corrected chi connectivity index (χ0v) is 34.5. The molecule has 0 bridgehead atoms. The van der Waals surface area contributed by atoms with E-state index in [0.717, 1.165) is 78.6 Å². The highest BCUT2D eigenvalue weighted by Crippen LogP contribution is 2.41. The number of aromatic nitrogens is 2. The summed E-state index contributed by atoms with van der Waals surface area (Å²) in [4.78, 5) is 14.1. The van der Waals surface area contributed by atoms with Gasteiger partial charge in [0.25, 0.3) is 0 Å². The molecule has 0 amide bonds. The average molecular weight is 823 g/mol. The number of oxazole rings is 2. The van der Waals surface area contributed by atoms with Crippen molar-refractivity contribution >= 4 is 77.9 Å². The van der Waals surface area contributed by atoms with Gasteiger partial charge in [0.15, 0.2) is 11.2 Å². The number of fused-ring (bicyclic) bond motifs is 4. The molecular weight excluding hydrogens is 785 g/mol. The van der Waals surface area contributed by atoms with Crippen molar-refractivity contribution in [3.63, 3.8) is 0 Å². The summed E-state index contributed by atoms with van der Waals surface area (Å²) in [6.07, 6.45) is 0. The molecule has 64 heavy (non-hydrogen) atoms. The van der Waals surface area contributed by atoms with Gasteiger partial charge < -0.3 is 18.6 Å². The van der Waals surface area contributed by atoms with Crippen molar-refractivity contribution in [3.05, 3.63) is 231 Å². The van der Waals surface area contributed by atoms with E-state index in [2.05, 4.69) is 192 Å². The van der Waals surface area contributed by atoms with Gasteiger partial charge in [-0.05, 0) is 154 Å². The molecule has 6 nitrogen and oxygen atoms in total. The Bertz CT molecular complexity index is 3300. The fraction of sp³-hybridized carbons (Fsp3) is 0. The molecule has 12 aromatic rings. The fourth-order valence-electron chi connectivity index (χ4n) is 8.63. The Balaban J connectivity index is 0.871. The molecule has 2 aromatic heterocycles. The highest BCUT2D eigenvalue weighted by atomic mass is 16.4. The number of rotatable bonds is 9. The first kappa shape index (κ1) is 37.1. The van der Waals surface area contributed by atoms with Crippen LogP contribution in [0.4, 0.5) is 34.1 Å². The minimum Gasteiger partial charge on any atom is -0.436 e. The highest BCUT2D eigenvalue weighted by Gasteiger charge is 2.18. The van der Waals surface area contributed by atoms with Crippen molar-refractivity contribution in [1.29, 1.82) is 0 Å². The maximum absolute atomic E-state index is 6.10. The summed E-state index contributed by atoms with van der Waals surface area (Å²) in [5.74, 6) is 1.21. The first-order chi connectivity index (χ1) is 31.7. The van der Waals surface area contributed by atoms with Crippen molar-refractivity contribution < 1.29 is 8.83 Å². The van der Waals surface area contributed by atoms with Gasteiger partial charge in [0, 0.05) is 45.3 Å². The summed E-state index contributed by atoms with van der Waals surface area (Å²) in [6.45, 7) is 0. The summed E-state index contributed by atoms with van der Waals surface area (Å²) in [7, 11) is 0. The van der Waals surface area contributed by atoms with Crippen LogP contribution in [-0.4, -0.2) is 9.97 Å². The van der Waals surface area contributed by atoms with Gasteiger partial charge in [0.2, 0.25) is 11.8 Å². The van der Waals surface area contributed by atoms with Crippen molar-refractivity contribution in [3.8, 4) is 34.0 Å². The molecule has 12 rings (SSSR count). The van der Waals surface area contributed by atoms with Gasteiger partial charge in [-0.1, -0.05) is 109 Å². The van der Waals surface area contributed by atoms with Gasteiger partial charge in [-0.2, -0.15) is 0 Å². The van der Waals surface area contributed by atoms with Crippen LogP contribution < -0.4 is 9.80 Å². The number of anilines is 6. The van der Waals surface area contributed by atoms with Crippen molar-refractivity contribution in [2.24, 2.45) is 0 Å². The van der Waals surface area contributed by atoms with E-state index in [0.29, 0.717) is 11.8 Å². The minimum atomic E-state index is 0.607. The third kappa shape index (κ3) is 6.89. The van der Waals surface area contributed by atoms with Crippen LogP contribution in [0.15, 0.2) is 239 Å². The molecular formula is C58H38N4O2. The van der Waals surface area contributed by atoms with Gasteiger partial charge >= 0.3 is 0 Å². The van der Waals surface area contributed by atoms with E-state index in [1.807, 2.05) is 48.5 Å². The van der Waals surface area contributed by atoms with Crippen molar-refractivity contribution in [2.45, 2.75) is 0 Å². The predicted octanol–water partition coefficient (Wildman–Crippen LogP) is 16.2. The zero-order valence-electron chi connectivity index (χ0n) is 34.5.